The predicted molar refractivity (Wildman–Crippen MR) is 382 cm³/mol. The fourth-order valence-electron chi connectivity index (χ4n) is 10.4. The summed E-state index contributed by atoms with van der Waals surface area (Å²) >= 11 is 0. The average molecular weight is 1240 g/mol. The lowest BCUT2D eigenvalue weighted by Gasteiger charge is -2.25. The molecule has 2 atom stereocenters. The van der Waals surface area contributed by atoms with Crippen molar-refractivity contribution in [2.75, 3.05) is 47.5 Å². The largest absolute Gasteiger partial charge is 0.477 e. The number of unbranched alkanes of at least 4 members (excludes halogenated alkanes) is 35. The molecular formula is C80H140NO8+. The second-order valence-corrected chi connectivity index (χ2v) is 25.8. The molecule has 89 heavy (non-hydrogen) atoms. The van der Waals surface area contributed by atoms with Gasteiger partial charge in [0.1, 0.15) is 13.2 Å². The Morgan fingerprint density at radius 3 is 0.899 bits per heavy atom. The second-order valence-electron chi connectivity index (χ2n) is 25.8. The van der Waals surface area contributed by atoms with Crippen molar-refractivity contribution in [2.45, 2.75) is 334 Å². The summed E-state index contributed by atoms with van der Waals surface area (Å²) in [6.45, 7) is 4.69. The zero-order valence-electron chi connectivity index (χ0n) is 58.6. The summed E-state index contributed by atoms with van der Waals surface area (Å²) in [5.41, 5.74) is 0. The van der Waals surface area contributed by atoms with Crippen molar-refractivity contribution >= 4 is 17.9 Å². The average Bonchev–Trinajstić information content (AvgIpc) is 3.70. The van der Waals surface area contributed by atoms with Crippen LogP contribution in [0.15, 0.2) is 109 Å². The number of nitrogens with zero attached hydrogens (tertiary/aromatic N) is 1. The first kappa shape index (κ1) is 85.0. The fourth-order valence-corrected chi connectivity index (χ4v) is 10.4. The predicted octanol–water partition coefficient (Wildman–Crippen LogP) is 23.4. The summed E-state index contributed by atoms with van der Waals surface area (Å²) in [6, 6.07) is 0. The molecule has 1 N–H and O–H groups in total. The summed E-state index contributed by atoms with van der Waals surface area (Å²) in [4.78, 5) is 37.7. The molecule has 0 aliphatic carbocycles. The fraction of sp³-hybridized carbons (Fsp3) is 0.738. The molecule has 9 nitrogen and oxygen atoms in total. The maximum Gasteiger partial charge on any atom is 0.361 e. The van der Waals surface area contributed by atoms with E-state index in [1.807, 2.05) is 21.1 Å². The third kappa shape index (κ3) is 71.3. The van der Waals surface area contributed by atoms with Crippen LogP contribution in [0.4, 0.5) is 0 Å². The molecule has 0 aliphatic rings. The van der Waals surface area contributed by atoms with E-state index < -0.39 is 24.3 Å². The summed E-state index contributed by atoms with van der Waals surface area (Å²) in [5, 5.41) is 9.76. The minimum Gasteiger partial charge on any atom is -0.477 e. The highest BCUT2D eigenvalue weighted by Crippen LogP contribution is 2.18. The number of likely N-dealkylation sites (N-methyl/N-ethyl adjacent to an activating group) is 1. The van der Waals surface area contributed by atoms with E-state index in [9.17, 15) is 19.5 Å². The van der Waals surface area contributed by atoms with Crippen LogP contribution in [0.3, 0.4) is 0 Å². The highest BCUT2D eigenvalue weighted by molar-refractivity contribution is 5.71. The van der Waals surface area contributed by atoms with E-state index in [1.165, 1.54) is 199 Å². The van der Waals surface area contributed by atoms with Gasteiger partial charge in [-0.1, -0.05) is 322 Å². The van der Waals surface area contributed by atoms with Gasteiger partial charge in [0.25, 0.3) is 6.29 Å². The Kier molecular flexibility index (Phi) is 66.7. The van der Waals surface area contributed by atoms with Gasteiger partial charge >= 0.3 is 17.9 Å². The molecule has 0 aliphatic heterocycles. The molecule has 0 aromatic carbocycles. The molecule has 0 heterocycles. The Morgan fingerprint density at radius 2 is 0.607 bits per heavy atom. The van der Waals surface area contributed by atoms with Crippen molar-refractivity contribution in [1.82, 2.24) is 0 Å². The second kappa shape index (κ2) is 69.8. The number of ether oxygens (including phenoxy) is 4. The standard InChI is InChI=1S/C80H139NO8/c1-6-8-10-12-14-16-18-20-22-24-26-28-30-32-34-35-36-37-38-39-40-41-42-43-45-47-49-51-53-55-57-59-61-63-65-67-69-71-78(83)89-76(75-88-80(79(84)85)86-73-72-81(3,4)5)74-87-77(82)70-68-66-64-62-60-58-56-54-52-50-48-46-44-33-31-29-27-25-23-21-19-17-15-13-11-9-7-2/h8-11,14-17,20-23,26-29,32,34,76,80H,6-7,12-13,18-19,24-25,30-31,33,35-75H2,1-5H3/p+1/b10-8-,11-9-,16-14-,17-15-,22-20-,23-21-,28-26-,29-27-,34-32-. The zero-order chi connectivity index (χ0) is 64.7. The highest BCUT2D eigenvalue weighted by Gasteiger charge is 2.25. The van der Waals surface area contributed by atoms with Gasteiger partial charge in [-0.2, -0.15) is 0 Å². The number of carboxylic acid groups (broad SMARTS) is 1. The molecular weight excluding hydrogens is 1100 g/mol. The number of quaternary nitrogens is 1. The van der Waals surface area contributed by atoms with E-state index in [-0.39, 0.29) is 32.2 Å². The molecule has 0 saturated heterocycles. The van der Waals surface area contributed by atoms with Gasteiger partial charge in [-0.15, -0.1) is 0 Å². The van der Waals surface area contributed by atoms with Crippen LogP contribution < -0.4 is 0 Å². The van der Waals surface area contributed by atoms with Crippen LogP contribution in [0, 0.1) is 0 Å². The number of carboxylic acids is 1. The number of rotatable bonds is 68. The van der Waals surface area contributed by atoms with E-state index in [0.717, 1.165) is 96.3 Å². The van der Waals surface area contributed by atoms with E-state index >= 15 is 0 Å². The molecule has 0 aromatic heterocycles. The Morgan fingerprint density at radius 1 is 0.337 bits per heavy atom. The molecule has 0 rings (SSSR count). The zero-order valence-corrected chi connectivity index (χ0v) is 58.6. The van der Waals surface area contributed by atoms with E-state index in [2.05, 4.69) is 123 Å². The van der Waals surface area contributed by atoms with Gasteiger partial charge in [-0.25, -0.2) is 4.79 Å². The number of carbonyl (C=O) groups is 3. The van der Waals surface area contributed by atoms with Gasteiger partial charge in [0.15, 0.2) is 6.10 Å². The number of hydrogen-bond donors (Lipinski definition) is 1. The van der Waals surface area contributed by atoms with E-state index in [4.69, 9.17) is 18.9 Å². The van der Waals surface area contributed by atoms with Gasteiger partial charge in [-0.3, -0.25) is 9.59 Å². The van der Waals surface area contributed by atoms with Crippen LogP contribution in [0.25, 0.3) is 0 Å². The molecule has 0 aromatic rings. The Balaban J connectivity index is 4.04. The van der Waals surface area contributed by atoms with Crippen LogP contribution >= 0.6 is 0 Å². The van der Waals surface area contributed by atoms with E-state index in [1.54, 1.807) is 0 Å². The number of allylic oxidation sites excluding steroid dienone is 18. The highest BCUT2D eigenvalue weighted by atomic mass is 16.7. The lowest BCUT2D eigenvalue weighted by atomic mass is 10.0. The normalized spacial score (nSPS) is 13.3. The molecule has 9 heteroatoms. The Labute approximate surface area is 549 Å². The quantitative estimate of drug-likeness (QED) is 0.0211. The van der Waals surface area contributed by atoms with Crippen LogP contribution in [0.1, 0.15) is 322 Å². The topological polar surface area (TPSA) is 108 Å². The summed E-state index contributed by atoms with van der Waals surface area (Å²) < 4.78 is 23.0. The van der Waals surface area contributed by atoms with Gasteiger partial charge in [0.2, 0.25) is 0 Å². The van der Waals surface area contributed by atoms with Crippen molar-refractivity contribution in [1.29, 1.82) is 0 Å². The van der Waals surface area contributed by atoms with Gasteiger partial charge in [-0.05, 0) is 96.3 Å². The maximum absolute atomic E-state index is 13.0. The molecule has 0 saturated carbocycles. The molecule has 0 bridgehead atoms. The monoisotopic (exact) mass is 1240 g/mol. The Bertz CT molecular complexity index is 1830. The molecule has 0 radical (unpaired) electrons. The third-order valence-electron chi connectivity index (χ3n) is 16.0. The molecule has 2 unspecified atom stereocenters. The Hall–Kier alpha value is -4.05. The minimum atomic E-state index is -1.51. The van der Waals surface area contributed by atoms with Crippen LogP contribution in [0.5, 0.6) is 0 Å². The smallest absolute Gasteiger partial charge is 0.361 e. The number of aliphatic carboxylic acids is 1. The van der Waals surface area contributed by atoms with Gasteiger partial charge in [0.05, 0.1) is 34.4 Å². The lowest BCUT2D eigenvalue weighted by molar-refractivity contribution is -0.870. The number of hydrogen-bond acceptors (Lipinski definition) is 7. The summed E-state index contributed by atoms with van der Waals surface area (Å²) in [5.74, 6) is -1.99. The summed E-state index contributed by atoms with van der Waals surface area (Å²) in [7, 11) is 5.98. The maximum atomic E-state index is 13.0. The van der Waals surface area contributed by atoms with Crippen LogP contribution in [0.2, 0.25) is 0 Å². The van der Waals surface area contributed by atoms with Crippen molar-refractivity contribution < 1.29 is 42.9 Å². The van der Waals surface area contributed by atoms with Crippen molar-refractivity contribution in [3.8, 4) is 0 Å². The van der Waals surface area contributed by atoms with Gasteiger partial charge in [0, 0.05) is 12.8 Å². The number of carbonyl (C=O) groups excluding carboxylic acids is 2. The summed E-state index contributed by atoms with van der Waals surface area (Å²) in [6.07, 6.45) is 95.0. The van der Waals surface area contributed by atoms with Crippen LogP contribution in [-0.2, 0) is 33.3 Å². The van der Waals surface area contributed by atoms with Crippen LogP contribution in [-0.4, -0.2) is 87.4 Å². The molecule has 512 valence electrons. The number of esters is 2. The lowest BCUT2D eigenvalue weighted by Crippen LogP contribution is -2.40. The first-order valence-corrected chi connectivity index (χ1v) is 37.1. The SMILES string of the molecule is CC/C=C\C/C=C\C/C=C\C/C=C\C/C=C\CCCCCCCCCCCCCCCCCCCCCCCC(=O)OC(COC(=O)CCCCCCCCCCCCCCCC/C=C\C/C=C\C/C=C\C/C=C\CC)COC(OCC[N+](C)(C)C)C(=O)O. The van der Waals surface area contributed by atoms with Crippen molar-refractivity contribution in [3.63, 3.8) is 0 Å². The minimum absolute atomic E-state index is 0.183. The van der Waals surface area contributed by atoms with E-state index in [0.29, 0.717) is 17.4 Å². The van der Waals surface area contributed by atoms with Gasteiger partial charge < -0.3 is 28.5 Å². The van der Waals surface area contributed by atoms with Crippen molar-refractivity contribution in [2.24, 2.45) is 0 Å². The van der Waals surface area contributed by atoms with Crippen molar-refractivity contribution in [3.05, 3.63) is 109 Å². The first-order valence-electron chi connectivity index (χ1n) is 37.1. The molecule has 0 amide bonds. The molecule has 0 spiro atoms. The molecule has 0 fully saturated rings. The third-order valence-corrected chi connectivity index (χ3v) is 16.0. The first-order chi connectivity index (χ1) is 43.6.